The predicted molar refractivity (Wildman–Crippen MR) is 60.0 cm³/mol. The summed E-state index contributed by atoms with van der Waals surface area (Å²) in [5, 5.41) is 2.98. The van der Waals surface area contributed by atoms with Gasteiger partial charge in [-0.25, -0.2) is 0 Å². The molecule has 0 aromatic rings. The van der Waals surface area contributed by atoms with Crippen molar-refractivity contribution >= 4 is 5.91 Å². The molecule has 0 unspecified atom stereocenters. The molecule has 14 heavy (non-hydrogen) atoms. The Hall–Kier alpha value is -0.570. The van der Waals surface area contributed by atoms with Crippen LogP contribution in [0.5, 0.6) is 0 Å². The van der Waals surface area contributed by atoms with E-state index >= 15 is 0 Å². The number of carbonyl (C=O) groups is 1. The molecule has 1 amide bonds. The lowest BCUT2D eigenvalue weighted by atomic mass is 9.98. The number of nitrogens with one attached hydrogen (secondary N) is 1. The van der Waals surface area contributed by atoms with Gasteiger partial charge in [0.25, 0.3) is 0 Å². The van der Waals surface area contributed by atoms with E-state index < -0.39 is 0 Å². The Balaban J connectivity index is 4.03. The molecule has 0 radical (unpaired) electrons. The van der Waals surface area contributed by atoms with Crippen molar-refractivity contribution in [2.24, 2.45) is 5.73 Å². The summed E-state index contributed by atoms with van der Waals surface area (Å²) in [5.74, 6) is -0.0229. The molecule has 3 nitrogen and oxygen atoms in total. The van der Waals surface area contributed by atoms with Crippen LogP contribution in [-0.4, -0.2) is 17.5 Å². The molecule has 1 atom stereocenters. The van der Waals surface area contributed by atoms with Gasteiger partial charge in [0, 0.05) is 5.54 Å². The van der Waals surface area contributed by atoms with Gasteiger partial charge in [0.2, 0.25) is 5.91 Å². The normalized spacial score (nSPS) is 13.8. The van der Waals surface area contributed by atoms with Gasteiger partial charge in [-0.1, -0.05) is 26.7 Å². The van der Waals surface area contributed by atoms with Crippen molar-refractivity contribution in [1.29, 1.82) is 0 Å². The van der Waals surface area contributed by atoms with E-state index in [1.807, 2.05) is 20.8 Å². The molecule has 0 aromatic carbocycles. The average Bonchev–Trinajstić information content (AvgIpc) is 2.03. The van der Waals surface area contributed by atoms with E-state index in [9.17, 15) is 4.79 Å². The second kappa shape index (κ2) is 6.02. The lowest BCUT2D eigenvalue weighted by Gasteiger charge is -2.27. The van der Waals surface area contributed by atoms with Crippen LogP contribution in [0.3, 0.4) is 0 Å². The minimum atomic E-state index is -0.351. The van der Waals surface area contributed by atoms with Crippen LogP contribution < -0.4 is 11.1 Å². The van der Waals surface area contributed by atoms with Gasteiger partial charge in [-0.05, 0) is 26.7 Å². The van der Waals surface area contributed by atoms with Crippen LogP contribution >= 0.6 is 0 Å². The smallest absolute Gasteiger partial charge is 0.237 e. The number of hydrogen-bond acceptors (Lipinski definition) is 2. The van der Waals surface area contributed by atoms with Crippen molar-refractivity contribution in [1.82, 2.24) is 5.32 Å². The minimum absolute atomic E-state index is 0.0229. The Morgan fingerprint density at radius 1 is 1.36 bits per heavy atom. The largest absolute Gasteiger partial charge is 0.350 e. The number of nitrogens with two attached hydrogens (primary N) is 1. The summed E-state index contributed by atoms with van der Waals surface area (Å²) in [4.78, 5) is 11.6. The van der Waals surface area contributed by atoms with Crippen molar-refractivity contribution in [2.75, 3.05) is 0 Å². The van der Waals surface area contributed by atoms with Crippen LogP contribution in [0, 0.1) is 0 Å². The summed E-state index contributed by atoms with van der Waals surface area (Å²) in [5.41, 5.74) is 5.59. The fraction of sp³-hybridized carbons (Fsp3) is 0.909. The third-order valence-corrected chi connectivity index (χ3v) is 2.27. The second-order valence-corrected chi connectivity index (χ2v) is 4.52. The highest BCUT2D eigenvalue weighted by atomic mass is 16.2. The molecule has 0 rings (SSSR count). The molecule has 0 aromatic heterocycles. The minimum Gasteiger partial charge on any atom is -0.350 e. The SMILES string of the molecule is CCC[C@H](N)C(=O)NC(C)(C)CCC. The Bertz CT molecular complexity index is 178. The highest BCUT2D eigenvalue weighted by molar-refractivity contribution is 5.82. The summed E-state index contributed by atoms with van der Waals surface area (Å²) in [6.45, 7) is 8.21. The molecule has 0 bridgehead atoms. The summed E-state index contributed by atoms with van der Waals surface area (Å²) in [6, 6.07) is -0.351. The Labute approximate surface area is 87.4 Å². The summed E-state index contributed by atoms with van der Waals surface area (Å²) >= 11 is 0. The molecule has 0 aliphatic rings. The van der Waals surface area contributed by atoms with Crippen LogP contribution in [0.25, 0.3) is 0 Å². The fourth-order valence-corrected chi connectivity index (χ4v) is 1.56. The van der Waals surface area contributed by atoms with Gasteiger partial charge in [-0.2, -0.15) is 0 Å². The van der Waals surface area contributed by atoms with Crippen LogP contribution in [0.4, 0.5) is 0 Å². The van der Waals surface area contributed by atoms with E-state index in [1.165, 1.54) is 0 Å². The van der Waals surface area contributed by atoms with E-state index in [-0.39, 0.29) is 17.5 Å². The quantitative estimate of drug-likeness (QED) is 0.687. The van der Waals surface area contributed by atoms with Gasteiger partial charge < -0.3 is 11.1 Å². The van der Waals surface area contributed by atoms with Crippen LogP contribution in [0.2, 0.25) is 0 Å². The summed E-state index contributed by atoms with van der Waals surface area (Å²) < 4.78 is 0. The van der Waals surface area contributed by atoms with E-state index in [4.69, 9.17) is 5.73 Å². The lowest BCUT2D eigenvalue weighted by molar-refractivity contribution is -0.124. The lowest BCUT2D eigenvalue weighted by Crippen LogP contribution is -2.50. The maximum absolute atomic E-state index is 11.6. The van der Waals surface area contributed by atoms with Gasteiger partial charge >= 0.3 is 0 Å². The van der Waals surface area contributed by atoms with E-state index in [0.29, 0.717) is 0 Å². The summed E-state index contributed by atoms with van der Waals surface area (Å²) in [7, 11) is 0. The molecule has 0 fully saturated rings. The third-order valence-electron chi connectivity index (χ3n) is 2.27. The van der Waals surface area contributed by atoms with E-state index in [1.54, 1.807) is 0 Å². The Morgan fingerprint density at radius 2 is 1.93 bits per heavy atom. The first-order valence-electron chi connectivity index (χ1n) is 5.50. The van der Waals surface area contributed by atoms with Crippen LogP contribution in [-0.2, 0) is 4.79 Å². The van der Waals surface area contributed by atoms with Crippen molar-refractivity contribution in [3.63, 3.8) is 0 Å². The van der Waals surface area contributed by atoms with Crippen molar-refractivity contribution < 1.29 is 4.79 Å². The number of rotatable bonds is 6. The van der Waals surface area contributed by atoms with Gasteiger partial charge in [-0.3, -0.25) is 4.79 Å². The number of carbonyl (C=O) groups excluding carboxylic acids is 1. The van der Waals surface area contributed by atoms with Crippen LogP contribution in [0.1, 0.15) is 53.4 Å². The standard InChI is InChI=1S/C11H24N2O/c1-5-7-9(12)10(14)13-11(3,4)8-6-2/h9H,5-8,12H2,1-4H3,(H,13,14)/t9-/m0/s1. The maximum Gasteiger partial charge on any atom is 0.237 e. The van der Waals surface area contributed by atoms with E-state index in [0.717, 1.165) is 25.7 Å². The number of hydrogen-bond donors (Lipinski definition) is 2. The molecule has 84 valence electrons. The van der Waals surface area contributed by atoms with Crippen LogP contribution in [0.15, 0.2) is 0 Å². The van der Waals surface area contributed by atoms with Gasteiger partial charge in [0.1, 0.15) is 0 Å². The Kier molecular flexibility index (Phi) is 5.77. The molecule has 0 heterocycles. The van der Waals surface area contributed by atoms with Gasteiger partial charge in [0.05, 0.1) is 6.04 Å². The van der Waals surface area contributed by atoms with Gasteiger partial charge in [-0.15, -0.1) is 0 Å². The first-order chi connectivity index (χ1) is 6.43. The topological polar surface area (TPSA) is 55.1 Å². The summed E-state index contributed by atoms with van der Waals surface area (Å²) in [6.07, 6.45) is 3.75. The third kappa shape index (κ3) is 5.22. The zero-order valence-corrected chi connectivity index (χ0v) is 9.89. The highest BCUT2D eigenvalue weighted by Crippen LogP contribution is 2.11. The molecule has 0 spiro atoms. The molecular weight excluding hydrogens is 176 g/mol. The molecule has 3 heteroatoms. The average molecular weight is 200 g/mol. The predicted octanol–water partition coefficient (Wildman–Crippen LogP) is 1.81. The van der Waals surface area contributed by atoms with Crippen molar-refractivity contribution in [2.45, 2.75) is 65.0 Å². The molecule has 0 saturated carbocycles. The van der Waals surface area contributed by atoms with Crippen molar-refractivity contribution in [3.8, 4) is 0 Å². The zero-order chi connectivity index (χ0) is 11.2. The molecule has 0 aliphatic heterocycles. The van der Waals surface area contributed by atoms with Crippen molar-refractivity contribution in [3.05, 3.63) is 0 Å². The first kappa shape index (κ1) is 13.4. The first-order valence-corrected chi connectivity index (χ1v) is 5.50. The highest BCUT2D eigenvalue weighted by Gasteiger charge is 2.22. The number of amides is 1. The fourth-order valence-electron chi connectivity index (χ4n) is 1.56. The second-order valence-electron chi connectivity index (χ2n) is 4.52. The molecule has 3 N–H and O–H groups in total. The maximum atomic E-state index is 11.6. The molecule has 0 saturated heterocycles. The molecular formula is C11H24N2O. The molecule has 0 aliphatic carbocycles. The zero-order valence-electron chi connectivity index (χ0n) is 9.89. The van der Waals surface area contributed by atoms with E-state index in [2.05, 4.69) is 12.2 Å². The Morgan fingerprint density at radius 3 is 2.36 bits per heavy atom. The van der Waals surface area contributed by atoms with Gasteiger partial charge in [0.15, 0.2) is 0 Å². The monoisotopic (exact) mass is 200 g/mol.